The minimum atomic E-state index is -0.919. The maximum absolute atomic E-state index is 12.7. The number of hydrogen-bond acceptors (Lipinski definition) is 8. The highest BCUT2D eigenvalue weighted by Crippen LogP contribution is 2.35. The van der Waals surface area contributed by atoms with Crippen LogP contribution in [-0.2, 0) is 28.5 Å². The van der Waals surface area contributed by atoms with Gasteiger partial charge in [0.25, 0.3) is 0 Å². The number of nitrogens with one attached hydrogen (secondary N) is 1. The normalized spacial score (nSPS) is 30.2. The molecule has 2 aromatic carbocycles. The molecule has 2 aromatic rings. The molecule has 9 nitrogen and oxygen atoms in total. The Labute approximate surface area is 185 Å². The van der Waals surface area contributed by atoms with Crippen LogP contribution in [0.1, 0.15) is 18.8 Å². The second-order valence-electron chi connectivity index (χ2n) is 7.48. The van der Waals surface area contributed by atoms with Crippen molar-refractivity contribution in [2.75, 3.05) is 13.7 Å². The van der Waals surface area contributed by atoms with E-state index in [4.69, 9.17) is 23.7 Å². The highest BCUT2D eigenvalue weighted by molar-refractivity contribution is 5.73. The quantitative estimate of drug-likeness (QED) is 0.552. The van der Waals surface area contributed by atoms with Gasteiger partial charge < -0.3 is 34.1 Å². The van der Waals surface area contributed by atoms with Crippen molar-refractivity contribution in [3.05, 3.63) is 66.2 Å². The molecule has 0 spiro atoms. The van der Waals surface area contributed by atoms with E-state index in [1.54, 1.807) is 24.3 Å². The van der Waals surface area contributed by atoms with Crippen molar-refractivity contribution >= 4 is 17.7 Å². The Morgan fingerprint density at radius 2 is 1.78 bits per heavy atom. The molecule has 0 aromatic heterocycles. The molecule has 32 heavy (non-hydrogen) atoms. The lowest BCUT2D eigenvalue weighted by Gasteiger charge is -2.51. The molecule has 6 unspecified atom stereocenters. The first-order valence-electron chi connectivity index (χ1n) is 10.3. The fourth-order valence-electron chi connectivity index (χ4n) is 3.83. The van der Waals surface area contributed by atoms with E-state index in [0.29, 0.717) is 5.69 Å². The van der Waals surface area contributed by atoms with Crippen LogP contribution in [0.2, 0.25) is 0 Å². The number of fused-ring (bicyclic) bond motifs is 1. The summed E-state index contributed by atoms with van der Waals surface area (Å²) in [7, 11) is 1.45. The Bertz CT molecular complexity index is 924. The minimum Gasteiger partial charge on any atom is -0.592 e. The second kappa shape index (κ2) is 10.1. The van der Waals surface area contributed by atoms with Crippen molar-refractivity contribution in [1.82, 2.24) is 5.32 Å². The molecular formula is C23H25N2O7-. The van der Waals surface area contributed by atoms with Gasteiger partial charge in [-0.1, -0.05) is 48.5 Å². The SMILES string of the molecule is COC1OC2COC(c3ccccc3)OC2C(OC([O-])=Nc2ccccc2)C1NC(C)=O. The van der Waals surface area contributed by atoms with Gasteiger partial charge in [-0.3, -0.25) is 4.79 Å². The maximum Gasteiger partial charge on any atom is 0.217 e. The average Bonchev–Trinajstić information content (AvgIpc) is 2.81. The third kappa shape index (κ3) is 5.08. The summed E-state index contributed by atoms with van der Waals surface area (Å²) < 4.78 is 29.1. The van der Waals surface area contributed by atoms with Crippen LogP contribution in [0.3, 0.4) is 0 Å². The smallest absolute Gasteiger partial charge is 0.217 e. The largest absolute Gasteiger partial charge is 0.592 e. The summed E-state index contributed by atoms with van der Waals surface area (Å²) in [6.45, 7) is 1.56. The molecule has 0 radical (unpaired) electrons. The topological polar surface area (TPSA) is 111 Å². The molecule has 9 heteroatoms. The molecule has 170 valence electrons. The monoisotopic (exact) mass is 441 g/mol. The number of amides is 1. The summed E-state index contributed by atoms with van der Waals surface area (Å²) in [4.78, 5) is 15.9. The lowest BCUT2D eigenvalue weighted by atomic mass is 9.95. The van der Waals surface area contributed by atoms with Crippen LogP contribution in [0.4, 0.5) is 5.69 Å². The highest BCUT2D eigenvalue weighted by Gasteiger charge is 2.49. The number of methoxy groups -OCH3 is 1. The number of ether oxygens (including phenoxy) is 5. The van der Waals surface area contributed by atoms with Gasteiger partial charge in [-0.15, -0.1) is 0 Å². The zero-order valence-corrected chi connectivity index (χ0v) is 17.7. The van der Waals surface area contributed by atoms with Crippen LogP contribution in [0.25, 0.3) is 0 Å². The fraction of sp³-hybridized carbons (Fsp3) is 0.391. The van der Waals surface area contributed by atoms with E-state index in [0.717, 1.165) is 5.56 Å². The third-order valence-electron chi connectivity index (χ3n) is 5.23. The number of aliphatic imine (C=N–C) groups is 1. The molecule has 4 rings (SSSR count). The number of carbonyl (C=O) groups excluding carboxylic acids is 1. The predicted octanol–water partition coefficient (Wildman–Crippen LogP) is 1.41. The summed E-state index contributed by atoms with van der Waals surface area (Å²) >= 11 is 0. The molecule has 2 fully saturated rings. The molecule has 1 amide bonds. The van der Waals surface area contributed by atoms with Crippen LogP contribution >= 0.6 is 0 Å². The van der Waals surface area contributed by atoms with Crippen LogP contribution in [0, 0.1) is 0 Å². The van der Waals surface area contributed by atoms with Crippen LogP contribution in [0.5, 0.6) is 0 Å². The first-order chi connectivity index (χ1) is 15.5. The third-order valence-corrected chi connectivity index (χ3v) is 5.23. The first kappa shape index (κ1) is 22.2. The van der Waals surface area contributed by atoms with Gasteiger partial charge in [-0.25, -0.2) is 4.99 Å². The summed E-state index contributed by atoms with van der Waals surface area (Å²) in [6, 6.07) is 17.3. The van der Waals surface area contributed by atoms with Crippen LogP contribution in [-0.4, -0.2) is 56.4 Å². The molecule has 1 N–H and O–H groups in total. The van der Waals surface area contributed by atoms with Gasteiger partial charge >= 0.3 is 0 Å². The lowest BCUT2D eigenvalue weighted by Crippen LogP contribution is -2.67. The van der Waals surface area contributed by atoms with Crippen molar-refractivity contribution in [1.29, 1.82) is 0 Å². The molecule has 0 bridgehead atoms. The zero-order chi connectivity index (χ0) is 22.5. The Morgan fingerprint density at radius 3 is 2.44 bits per heavy atom. The van der Waals surface area contributed by atoms with Crippen LogP contribution < -0.4 is 10.4 Å². The minimum absolute atomic E-state index is 0.195. The summed E-state index contributed by atoms with van der Waals surface area (Å²) in [6.07, 6.45) is -4.55. The van der Waals surface area contributed by atoms with E-state index in [1.807, 2.05) is 36.4 Å². The van der Waals surface area contributed by atoms with Crippen molar-refractivity contribution in [3.8, 4) is 0 Å². The van der Waals surface area contributed by atoms with Crippen LogP contribution in [0.15, 0.2) is 65.7 Å². The van der Waals surface area contributed by atoms with Gasteiger partial charge in [0, 0.05) is 19.6 Å². The number of hydrogen-bond donors (Lipinski definition) is 1. The molecule has 0 aliphatic carbocycles. The number of nitrogens with zero attached hydrogens (tertiary/aromatic N) is 1. The molecule has 2 saturated heterocycles. The van der Waals surface area contributed by atoms with E-state index in [9.17, 15) is 9.90 Å². The Balaban J connectivity index is 1.62. The Morgan fingerprint density at radius 1 is 1.09 bits per heavy atom. The van der Waals surface area contributed by atoms with E-state index in [2.05, 4.69) is 10.3 Å². The van der Waals surface area contributed by atoms with Gasteiger partial charge in [0.1, 0.15) is 12.2 Å². The van der Waals surface area contributed by atoms with E-state index in [-0.39, 0.29) is 12.5 Å². The van der Waals surface area contributed by atoms with E-state index in [1.165, 1.54) is 14.0 Å². The molecular weight excluding hydrogens is 416 g/mol. The van der Waals surface area contributed by atoms with Crippen molar-refractivity contribution in [2.24, 2.45) is 4.99 Å². The van der Waals surface area contributed by atoms with Gasteiger partial charge in [0.2, 0.25) is 5.91 Å². The molecule has 2 aliphatic rings. The zero-order valence-electron chi connectivity index (χ0n) is 17.7. The van der Waals surface area contributed by atoms with Crippen molar-refractivity contribution < 1.29 is 33.6 Å². The van der Waals surface area contributed by atoms with Crippen molar-refractivity contribution in [2.45, 2.75) is 43.9 Å². The maximum atomic E-state index is 12.7. The molecule has 2 heterocycles. The molecule has 6 atom stereocenters. The summed E-state index contributed by atoms with van der Waals surface area (Å²) in [5.74, 6) is -0.327. The lowest BCUT2D eigenvalue weighted by molar-refractivity contribution is -0.348. The van der Waals surface area contributed by atoms with Gasteiger partial charge in [0.15, 0.2) is 18.7 Å². The van der Waals surface area contributed by atoms with E-state index >= 15 is 0 Å². The molecule has 0 saturated carbocycles. The summed E-state index contributed by atoms with van der Waals surface area (Å²) in [5.41, 5.74) is 1.27. The number of rotatable bonds is 5. The number of para-hydroxylation sites is 1. The van der Waals surface area contributed by atoms with Gasteiger partial charge in [-0.2, -0.15) is 0 Å². The standard InChI is InChI=1S/C23H26N2O7/c1-14(26)24-18-20(32-23(27)25-16-11-7-4-8-12-16)19-17(30-22(18)28-2)13-29-21(31-19)15-9-5-3-6-10-15/h3-12,17-22H,13H2,1-2H3,(H,24,26)(H,25,27)/p-1. The van der Waals surface area contributed by atoms with Gasteiger partial charge in [0.05, 0.1) is 24.4 Å². The Hall–Kier alpha value is -2.98. The molecule has 2 aliphatic heterocycles. The number of carbonyl (C=O) groups is 1. The Kier molecular flexibility index (Phi) is 7.01. The predicted molar refractivity (Wildman–Crippen MR) is 112 cm³/mol. The summed E-state index contributed by atoms with van der Waals surface area (Å²) in [5, 5.41) is 15.4. The fourth-order valence-corrected chi connectivity index (χ4v) is 3.83. The highest BCUT2D eigenvalue weighted by atomic mass is 16.8. The van der Waals surface area contributed by atoms with Crippen molar-refractivity contribution in [3.63, 3.8) is 0 Å². The second-order valence-corrected chi connectivity index (χ2v) is 7.48. The first-order valence-corrected chi connectivity index (χ1v) is 10.3. The number of benzene rings is 2. The van der Waals surface area contributed by atoms with E-state index < -0.39 is 43.0 Å². The van der Waals surface area contributed by atoms with Gasteiger partial charge in [-0.05, 0) is 12.1 Å². The average molecular weight is 441 g/mol.